The summed E-state index contributed by atoms with van der Waals surface area (Å²) in [5.74, 6) is -0.0691. The number of carbonyl (C=O) groups excluding carboxylic acids is 2. The fourth-order valence-corrected chi connectivity index (χ4v) is 3.47. The summed E-state index contributed by atoms with van der Waals surface area (Å²) < 4.78 is 11.5. The van der Waals surface area contributed by atoms with E-state index in [-0.39, 0.29) is 17.7 Å². The van der Waals surface area contributed by atoms with Crippen molar-refractivity contribution in [3.8, 4) is 5.75 Å². The zero-order valence-corrected chi connectivity index (χ0v) is 18.2. The molecule has 0 unspecified atom stereocenters. The fraction of sp³-hybridized carbons (Fsp3) is 0.250. The summed E-state index contributed by atoms with van der Waals surface area (Å²) in [5.41, 5.74) is 0.895. The smallest absolute Gasteiger partial charge is 0.309 e. The monoisotopic (exact) mass is 427 g/mol. The zero-order chi connectivity index (χ0) is 22.9. The maximum Gasteiger partial charge on any atom is 0.309 e. The Morgan fingerprint density at radius 2 is 2.09 bits per heavy atom. The number of amides is 2. The van der Waals surface area contributed by atoms with Crippen LogP contribution in [0.1, 0.15) is 29.1 Å². The second kappa shape index (κ2) is 8.42. The minimum atomic E-state index is -0.981. The third-order valence-corrected chi connectivity index (χ3v) is 4.93. The first-order valence-corrected chi connectivity index (χ1v) is 10.2. The van der Waals surface area contributed by atoms with Gasteiger partial charge in [0.25, 0.3) is 5.91 Å². The van der Waals surface area contributed by atoms with Crippen LogP contribution < -0.4 is 15.0 Å². The van der Waals surface area contributed by atoms with Gasteiger partial charge in [-0.05, 0) is 48.1 Å². The maximum atomic E-state index is 13.5. The molecule has 4 rings (SSSR count). The van der Waals surface area contributed by atoms with E-state index in [2.05, 4.69) is 32.6 Å². The van der Waals surface area contributed by atoms with E-state index in [9.17, 15) is 9.59 Å². The summed E-state index contributed by atoms with van der Waals surface area (Å²) in [6, 6.07) is 13.5. The third kappa shape index (κ3) is 4.32. The number of nitrogens with zero attached hydrogens (tertiary/aromatic N) is 4. The highest BCUT2D eigenvalue weighted by Crippen LogP contribution is 2.33. The lowest BCUT2D eigenvalue weighted by Crippen LogP contribution is -2.61. The lowest BCUT2D eigenvalue weighted by atomic mass is 9.48. The first kappa shape index (κ1) is 21.5. The van der Waals surface area contributed by atoms with Crippen molar-refractivity contribution in [3.63, 3.8) is 0 Å². The van der Waals surface area contributed by atoms with Gasteiger partial charge in [0.05, 0.1) is 6.42 Å². The molecule has 0 saturated carbocycles. The number of aromatic nitrogens is 3. The number of pyridine rings is 1. The molecule has 2 atom stereocenters. The van der Waals surface area contributed by atoms with Gasteiger partial charge in [-0.15, -0.1) is 10.2 Å². The van der Waals surface area contributed by atoms with Crippen molar-refractivity contribution in [2.75, 3.05) is 4.90 Å². The highest BCUT2D eigenvalue weighted by Gasteiger charge is 2.42. The van der Waals surface area contributed by atoms with Crippen molar-refractivity contribution in [3.05, 3.63) is 66.0 Å². The first-order chi connectivity index (χ1) is 15.2. The number of hydrogen-bond acceptors (Lipinski definition) is 7. The van der Waals surface area contributed by atoms with Gasteiger partial charge in [-0.3, -0.25) is 9.59 Å². The molecule has 2 amide bonds. The molecule has 0 aliphatic carbocycles. The van der Waals surface area contributed by atoms with Crippen LogP contribution in [0.4, 0.5) is 5.82 Å². The lowest BCUT2D eigenvalue weighted by Gasteiger charge is -2.36. The molecule has 0 radical (unpaired) electrons. The van der Waals surface area contributed by atoms with Crippen LogP contribution in [0.5, 0.6) is 5.75 Å². The standard InChI is InChI=1S/C20H20B3N5O4/c1-11-15(19(30)28(20(21,22)23)16-13(31-11)8-5-9-24-16)25-17(29)18-27-26-14(32-18)10-12-6-3-2-4-7-12/h3,5-9,11,15H,10,21-23H2,1H3,(H,25,29)/t11-,15+/m1/s1. The normalized spacial score (nSPS) is 18.2. The summed E-state index contributed by atoms with van der Waals surface area (Å²) in [7, 11) is 5.67. The Balaban J connectivity index is 1.56. The number of ether oxygens (including phenoxy) is 1. The van der Waals surface area contributed by atoms with Crippen LogP contribution in [0, 0.1) is 12.1 Å². The van der Waals surface area contributed by atoms with Crippen LogP contribution in [-0.4, -0.2) is 67.9 Å². The van der Waals surface area contributed by atoms with Gasteiger partial charge >= 0.3 is 11.8 Å². The summed E-state index contributed by atoms with van der Waals surface area (Å²) >= 11 is 0. The van der Waals surface area contributed by atoms with E-state index in [0.29, 0.717) is 18.0 Å². The van der Waals surface area contributed by atoms with Gasteiger partial charge in [-0.2, -0.15) is 0 Å². The summed E-state index contributed by atoms with van der Waals surface area (Å²) in [4.78, 5) is 32.2. The molecule has 0 bridgehead atoms. The van der Waals surface area contributed by atoms with Crippen molar-refractivity contribution in [2.45, 2.75) is 30.7 Å². The van der Waals surface area contributed by atoms with Gasteiger partial charge in [0.15, 0.2) is 11.6 Å². The molecule has 2 aromatic heterocycles. The van der Waals surface area contributed by atoms with Gasteiger partial charge in [0.1, 0.15) is 35.7 Å². The van der Waals surface area contributed by atoms with Crippen molar-refractivity contribution in [1.82, 2.24) is 20.5 Å². The quantitative estimate of drug-likeness (QED) is 0.473. The molecule has 1 aliphatic heterocycles. The minimum Gasteiger partial charge on any atom is -0.484 e. The number of nitrogens with one attached hydrogen (secondary N) is 1. The molecule has 0 saturated heterocycles. The van der Waals surface area contributed by atoms with Crippen LogP contribution in [0.25, 0.3) is 0 Å². The van der Waals surface area contributed by atoms with Crippen LogP contribution in [0.3, 0.4) is 0 Å². The van der Waals surface area contributed by atoms with E-state index in [4.69, 9.17) is 9.15 Å². The third-order valence-electron chi connectivity index (χ3n) is 4.93. The molecule has 1 aliphatic rings. The molecule has 0 spiro atoms. The number of carbonyl (C=O) groups is 2. The van der Waals surface area contributed by atoms with Crippen LogP contribution in [0.15, 0.2) is 40.9 Å². The molecule has 1 N–H and O–H groups in total. The highest BCUT2D eigenvalue weighted by molar-refractivity contribution is 6.62. The number of rotatable bonds is 5. The fourth-order valence-electron chi connectivity index (χ4n) is 3.47. The molecule has 158 valence electrons. The Bertz CT molecular complexity index is 1140. The van der Waals surface area contributed by atoms with Crippen molar-refractivity contribution < 1.29 is 18.7 Å². The summed E-state index contributed by atoms with van der Waals surface area (Å²) in [6.07, 6.45) is 1.30. The average molecular weight is 427 g/mol. The largest absolute Gasteiger partial charge is 0.484 e. The second-order valence-electron chi connectivity index (χ2n) is 8.46. The van der Waals surface area contributed by atoms with Gasteiger partial charge in [-0.25, -0.2) is 4.98 Å². The van der Waals surface area contributed by atoms with Crippen molar-refractivity contribution >= 4 is 41.2 Å². The molecule has 12 heteroatoms. The topological polar surface area (TPSA) is 110 Å². The van der Waals surface area contributed by atoms with Gasteiger partial charge in [-0.1, -0.05) is 12.1 Å². The summed E-state index contributed by atoms with van der Waals surface area (Å²) in [6.45, 7) is 1.72. The molecule has 3 aromatic rings. The van der Waals surface area contributed by atoms with Crippen LogP contribution >= 0.6 is 0 Å². The summed E-state index contributed by atoms with van der Waals surface area (Å²) in [5, 5.41) is 9.86. The van der Waals surface area contributed by atoms with E-state index in [1.54, 1.807) is 42.3 Å². The molecule has 9 nitrogen and oxygen atoms in total. The molecular weight excluding hydrogens is 407 g/mol. The van der Waals surface area contributed by atoms with E-state index in [1.165, 1.54) is 0 Å². The number of anilines is 1. The second-order valence-corrected chi connectivity index (χ2v) is 8.46. The first-order valence-electron chi connectivity index (χ1n) is 10.2. The maximum absolute atomic E-state index is 13.5. The van der Waals surface area contributed by atoms with E-state index < -0.39 is 23.3 Å². The van der Waals surface area contributed by atoms with Gasteiger partial charge in [0, 0.05) is 6.20 Å². The Morgan fingerprint density at radius 3 is 2.81 bits per heavy atom. The highest BCUT2D eigenvalue weighted by atomic mass is 16.5. The molecule has 1 aromatic carbocycles. The Morgan fingerprint density at radius 1 is 1.28 bits per heavy atom. The van der Waals surface area contributed by atoms with Crippen LogP contribution in [-0.2, 0) is 11.2 Å². The lowest BCUT2D eigenvalue weighted by molar-refractivity contribution is -0.122. The Kier molecular flexibility index (Phi) is 5.66. The SMILES string of the molecule is BC(B)(B)N1C(=O)[C@@H](NC(=O)c2nnc(Cc3cc#ccc3)o2)[C@@H](C)Oc2cccnc21. The van der Waals surface area contributed by atoms with Crippen molar-refractivity contribution in [1.29, 1.82) is 0 Å². The number of fused-ring (bicyclic) bond motifs is 1. The van der Waals surface area contributed by atoms with Crippen molar-refractivity contribution in [2.24, 2.45) is 0 Å². The molecule has 32 heavy (non-hydrogen) atoms. The zero-order valence-electron chi connectivity index (χ0n) is 18.2. The van der Waals surface area contributed by atoms with E-state index >= 15 is 0 Å². The average Bonchev–Trinajstić information content (AvgIpc) is 3.17. The number of hydrogen-bond donors (Lipinski definition) is 1. The van der Waals surface area contributed by atoms with Crippen LogP contribution in [0.2, 0.25) is 0 Å². The van der Waals surface area contributed by atoms with Gasteiger partial charge < -0.3 is 19.4 Å². The predicted molar refractivity (Wildman–Crippen MR) is 123 cm³/mol. The van der Waals surface area contributed by atoms with E-state index in [0.717, 1.165) is 5.56 Å². The molecular formula is C20H20B3N5O4. The van der Waals surface area contributed by atoms with Gasteiger partial charge in [0.2, 0.25) is 5.89 Å². The predicted octanol–water partition coefficient (Wildman–Crippen LogP) is -1.92. The molecule has 3 heterocycles. The molecule has 0 fully saturated rings. The Hall–Kier alpha value is -3.74. The minimum absolute atomic E-state index is 0.228. The van der Waals surface area contributed by atoms with E-state index in [1.807, 2.05) is 29.6 Å². The Labute approximate surface area is 188 Å².